The number of hydrogen-bond acceptors (Lipinski definition) is 5. The maximum absolute atomic E-state index is 11.4. The van der Waals surface area contributed by atoms with Gasteiger partial charge in [0.15, 0.2) is 0 Å². The molecule has 0 amide bonds. The molecule has 0 aromatic carbocycles. The van der Waals surface area contributed by atoms with Crippen molar-refractivity contribution in [3.63, 3.8) is 0 Å². The van der Waals surface area contributed by atoms with E-state index in [1.807, 2.05) is 6.92 Å². The minimum absolute atomic E-state index is 0.148. The van der Waals surface area contributed by atoms with E-state index in [0.717, 1.165) is 0 Å². The van der Waals surface area contributed by atoms with Crippen LogP contribution in [0.25, 0.3) is 0 Å². The SMILES string of the molecule is CCCS(=O)(=O)NCCN1CCN(S(C)(=O)=O)CC1. The van der Waals surface area contributed by atoms with Crippen LogP contribution in [0, 0.1) is 0 Å². The molecule has 1 aliphatic rings. The zero-order valence-corrected chi connectivity index (χ0v) is 13.1. The van der Waals surface area contributed by atoms with Gasteiger partial charge >= 0.3 is 0 Å². The highest BCUT2D eigenvalue weighted by atomic mass is 32.2. The second-order valence-corrected chi connectivity index (χ2v) is 8.63. The molecule has 9 heteroatoms. The summed E-state index contributed by atoms with van der Waals surface area (Å²) in [5, 5.41) is 0. The molecule has 0 radical (unpaired) electrons. The summed E-state index contributed by atoms with van der Waals surface area (Å²) < 4.78 is 49.5. The van der Waals surface area contributed by atoms with Gasteiger partial charge in [0.05, 0.1) is 12.0 Å². The van der Waals surface area contributed by atoms with Crippen molar-refractivity contribution in [1.29, 1.82) is 0 Å². The van der Waals surface area contributed by atoms with Crippen molar-refractivity contribution in [3.8, 4) is 0 Å². The average Bonchev–Trinajstić information content (AvgIpc) is 2.28. The van der Waals surface area contributed by atoms with Crippen LogP contribution < -0.4 is 4.72 Å². The Labute approximate surface area is 116 Å². The van der Waals surface area contributed by atoms with Crippen LogP contribution >= 0.6 is 0 Å². The van der Waals surface area contributed by atoms with Gasteiger partial charge in [-0.15, -0.1) is 0 Å². The molecule has 0 atom stereocenters. The summed E-state index contributed by atoms with van der Waals surface area (Å²) in [6, 6.07) is 0. The topological polar surface area (TPSA) is 86.8 Å². The average molecular weight is 313 g/mol. The van der Waals surface area contributed by atoms with Crippen LogP contribution in [-0.2, 0) is 20.0 Å². The summed E-state index contributed by atoms with van der Waals surface area (Å²) >= 11 is 0. The third-order valence-electron chi connectivity index (χ3n) is 3.02. The highest BCUT2D eigenvalue weighted by molar-refractivity contribution is 7.89. The molecule has 0 unspecified atom stereocenters. The molecule has 0 aromatic heterocycles. The number of nitrogens with one attached hydrogen (secondary N) is 1. The first kappa shape index (κ1) is 16.8. The number of nitrogens with zero attached hydrogens (tertiary/aromatic N) is 2. The van der Waals surface area contributed by atoms with Crippen LogP contribution in [-0.4, -0.2) is 77.3 Å². The van der Waals surface area contributed by atoms with Gasteiger partial charge in [0.25, 0.3) is 0 Å². The van der Waals surface area contributed by atoms with Crippen molar-refractivity contribution >= 4 is 20.0 Å². The summed E-state index contributed by atoms with van der Waals surface area (Å²) in [4.78, 5) is 2.07. The lowest BCUT2D eigenvalue weighted by Gasteiger charge is -2.33. The molecular formula is C10H23N3O4S2. The maximum atomic E-state index is 11.4. The van der Waals surface area contributed by atoms with Crippen molar-refractivity contribution in [2.24, 2.45) is 0 Å². The van der Waals surface area contributed by atoms with E-state index in [2.05, 4.69) is 9.62 Å². The molecule has 0 aromatic rings. The van der Waals surface area contributed by atoms with Gasteiger partial charge in [-0.25, -0.2) is 21.6 Å². The van der Waals surface area contributed by atoms with Crippen molar-refractivity contribution in [1.82, 2.24) is 13.9 Å². The lowest BCUT2D eigenvalue weighted by molar-refractivity contribution is 0.192. The Hall–Kier alpha value is -0.220. The van der Waals surface area contributed by atoms with Crippen molar-refractivity contribution in [2.75, 3.05) is 51.3 Å². The van der Waals surface area contributed by atoms with Gasteiger partial charge in [-0.3, -0.25) is 4.90 Å². The van der Waals surface area contributed by atoms with E-state index in [4.69, 9.17) is 0 Å². The van der Waals surface area contributed by atoms with Crippen LogP contribution in [0.15, 0.2) is 0 Å². The quantitative estimate of drug-likeness (QED) is 0.644. The standard InChI is InChI=1S/C10H23N3O4S2/c1-3-10-19(16,17)11-4-5-12-6-8-13(9-7-12)18(2,14)15/h11H,3-10H2,1-2H3. The number of hydrogen-bond donors (Lipinski definition) is 1. The molecule has 114 valence electrons. The molecule has 1 saturated heterocycles. The fourth-order valence-electron chi connectivity index (χ4n) is 1.98. The Kier molecular flexibility index (Phi) is 6.18. The summed E-state index contributed by atoms with van der Waals surface area (Å²) in [6.45, 7) is 5.04. The third kappa shape index (κ3) is 6.17. The van der Waals surface area contributed by atoms with E-state index in [0.29, 0.717) is 45.7 Å². The molecule has 1 heterocycles. The predicted molar refractivity (Wildman–Crippen MR) is 74.9 cm³/mol. The molecule has 1 N–H and O–H groups in total. The van der Waals surface area contributed by atoms with Gasteiger partial charge in [0, 0.05) is 39.3 Å². The first-order valence-electron chi connectivity index (χ1n) is 6.39. The van der Waals surface area contributed by atoms with E-state index < -0.39 is 20.0 Å². The van der Waals surface area contributed by atoms with Crippen LogP contribution in [0.1, 0.15) is 13.3 Å². The Balaban J connectivity index is 2.27. The molecule has 19 heavy (non-hydrogen) atoms. The van der Waals surface area contributed by atoms with E-state index >= 15 is 0 Å². The summed E-state index contributed by atoms with van der Waals surface area (Å²) in [6.07, 6.45) is 1.81. The largest absolute Gasteiger partial charge is 0.299 e. The molecule has 7 nitrogen and oxygen atoms in total. The predicted octanol–water partition coefficient (Wildman–Crippen LogP) is -1.11. The Morgan fingerprint density at radius 3 is 2.11 bits per heavy atom. The highest BCUT2D eigenvalue weighted by Gasteiger charge is 2.23. The zero-order chi connectivity index (χ0) is 14.5. The molecule has 1 rings (SSSR count). The first-order chi connectivity index (χ1) is 8.74. The third-order valence-corrected chi connectivity index (χ3v) is 5.92. The molecule has 1 aliphatic heterocycles. The fourth-order valence-corrected chi connectivity index (χ4v) is 3.90. The second-order valence-electron chi connectivity index (χ2n) is 4.72. The van der Waals surface area contributed by atoms with Gasteiger partial charge in [-0.2, -0.15) is 4.31 Å². The normalized spacial score (nSPS) is 19.7. The van der Waals surface area contributed by atoms with Gasteiger partial charge in [0.2, 0.25) is 20.0 Å². The highest BCUT2D eigenvalue weighted by Crippen LogP contribution is 2.05. The van der Waals surface area contributed by atoms with Gasteiger partial charge in [-0.05, 0) is 6.42 Å². The lowest BCUT2D eigenvalue weighted by atomic mass is 10.3. The van der Waals surface area contributed by atoms with Gasteiger partial charge in [-0.1, -0.05) is 6.92 Å². The molecule has 0 spiro atoms. The summed E-state index contributed by atoms with van der Waals surface area (Å²) in [5.41, 5.74) is 0. The number of sulfonamides is 2. The van der Waals surface area contributed by atoms with Crippen LogP contribution in [0.2, 0.25) is 0 Å². The Bertz CT molecular complexity index is 467. The monoisotopic (exact) mass is 313 g/mol. The van der Waals surface area contributed by atoms with Gasteiger partial charge < -0.3 is 0 Å². The summed E-state index contributed by atoms with van der Waals surface area (Å²) in [5.74, 6) is 0.148. The second kappa shape index (κ2) is 6.98. The fraction of sp³-hybridized carbons (Fsp3) is 1.00. The van der Waals surface area contributed by atoms with Gasteiger partial charge in [0.1, 0.15) is 0 Å². The van der Waals surface area contributed by atoms with Crippen LogP contribution in [0.4, 0.5) is 0 Å². The number of rotatable bonds is 7. The lowest BCUT2D eigenvalue weighted by Crippen LogP contribution is -2.49. The maximum Gasteiger partial charge on any atom is 0.211 e. The van der Waals surface area contributed by atoms with E-state index in [-0.39, 0.29) is 5.75 Å². The molecule has 0 aliphatic carbocycles. The first-order valence-corrected chi connectivity index (χ1v) is 9.89. The molecule has 1 fully saturated rings. The van der Waals surface area contributed by atoms with Crippen molar-refractivity contribution in [2.45, 2.75) is 13.3 Å². The van der Waals surface area contributed by atoms with Crippen LogP contribution in [0.5, 0.6) is 0 Å². The van der Waals surface area contributed by atoms with Crippen molar-refractivity contribution in [3.05, 3.63) is 0 Å². The molecular weight excluding hydrogens is 290 g/mol. The minimum atomic E-state index is -3.15. The Morgan fingerprint density at radius 2 is 1.63 bits per heavy atom. The summed E-state index contributed by atoms with van der Waals surface area (Å²) in [7, 11) is -6.25. The zero-order valence-electron chi connectivity index (χ0n) is 11.5. The van der Waals surface area contributed by atoms with Crippen molar-refractivity contribution < 1.29 is 16.8 Å². The Morgan fingerprint density at radius 1 is 1.05 bits per heavy atom. The molecule has 0 saturated carbocycles. The van der Waals surface area contributed by atoms with E-state index in [1.165, 1.54) is 10.6 Å². The van der Waals surface area contributed by atoms with E-state index in [1.54, 1.807) is 0 Å². The number of piperazine rings is 1. The van der Waals surface area contributed by atoms with E-state index in [9.17, 15) is 16.8 Å². The smallest absolute Gasteiger partial charge is 0.211 e. The van der Waals surface area contributed by atoms with Crippen LogP contribution in [0.3, 0.4) is 0 Å². The minimum Gasteiger partial charge on any atom is -0.299 e. The molecule has 0 bridgehead atoms.